The molecule has 1 aromatic rings. The largest absolute Gasteiger partial charge is 0.336 e. The summed E-state index contributed by atoms with van der Waals surface area (Å²) in [5.41, 5.74) is 1.20. The van der Waals surface area contributed by atoms with Gasteiger partial charge in [0.1, 0.15) is 6.54 Å². The number of likely N-dealkylation sites (tertiary alicyclic amines) is 1. The minimum absolute atomic E-state index is 0.0792. The van der Waals surface area contributed by atoms with Crippen LogP contribution in [0.15, 0.2) is 11.4 Å². The van der Waals surface area contributed by atoms with Crippen molar-refractivity contribution < 1.29 is 14.4 Å². The molecule has 0 N–H and O–H groups in total. The molecule has 6 heteroatoms. The lowest BCUT2D eigenvalue weighted by Crippen LogP contribution is -2.44. The lowest BCUT2D eigenvalue weighted by atomic mass is 9.81. The first kappa shape index (κ1) is 14.9. The fourth-order valence-corrected chi connectivity index (χ4v) is 4.97. The van der Waals surface area contributed by atoms with Gasteiger partial charge in [0.25, 0.3) is 0 Å². The maximum atomic E-state index is 12.6. The average molecular weight is 332 g/mol. The summed E-state index contributed by atoms with van der Waals surface area (Å²) in [6.45, 7) is 1.19. The van der Waals surface area contributed by atoms with Gasteiger partial charge in [0.15, 0.2) is 0 Å². The molecule has 0 bridgehead atoms. The summed E-state index contributed by atoms with van der Waals surface area (Å²) >= 11 is 1.73. The Morgan fingerprint density at radius 1 is 1.17 bits per heavy atom. The Morgan fingerprint density at radius 2 is 1.87 bits per heavy atom. The van der Waals surface area contributed by atoms with Crippen molar-refractivity contribution in [3.05, 3.63) is 21.9 Å². The van der Waals surface area contributed by atoms with E-state index in [0.29, 0.717) is 13.1 Å². The second kappa shape index (κ2) is 5.74. The second-order valence-electron chi connectivity index (χ2n) is 6.69. The molecule has 3 aliphatic rings. The van der Waals surface area contributed by atoms with Crippen LogP contribution in [0.4, 0.5) is 0 Å². The number of amides is 3. The zero-order chi connectivity index (χ0) is 16.0. The fraction of sp³-hybridized carbons (Fsp3) is 0.588. The first-order valence-electron chi connectivity index (χ1n) is 8.33. The van der Waals surface area contributed by atoms with Crippen molar-refractivity contribution in [2.75, 3.05) is 13.1 Å². The van der Waals surface area contributed by atoms with Gasteiger partial charge in [0.2, 0.25) is 17.7 Å². The van der Waals surface area contributed by atoms with Crippen LogP contribution in [-0.2, 0) is 27.3 Å². The molecule has 3 amide bonds. The lowest BCUT2D eigenvalue weighted by molar-refractivity contribution is -0.146. The zero-order valence-electron chi connectivity index (χ0n) is 13.0. The van der Waals surface area contributed by atoms with Crippen molar-refractivity contribution in [2.45, 2.75) is 38.6 Å². The van der Waals surface area contributed by atoms with Crippen LogP contribution in [0.1, 0.15) is 36.1 Å². The van der Waals surface area contributed by atoms with Crippen molar-refractivity contribution >= 4 is 29.1 Å². The molecule has 122 valence electrons. The van der Waals surface area contributed by atoms with Gasteiger partial charge in [-0.25, -0.2) is 0 Å². The third-order valence-electron chi connectivity index (χ3n) is 5.39. The van der Waals surface area contributed by atoms with Crippen LogP contribution in [0, 0.1) is 11.8 Å². The van der Waals surface area contributed by atoms with Crippen LogP contribution in [-0.4, -0.2) is 40.6 Å². The SMILES string of the molecule is O=C(CN1C(=O)C2CCCCC2C1=O)N1CCc2sccc2C1. The normalized spacial score (nSPS) is 27.1. The van der Waals surface area contributed by atoms with Crippen LogP contribution >= 0.6 is 11.3 Å². The molecule has 4 rings (SSSR count). The summed E-state index contributed by atoms with van der Waals surface area (Å²) in [5, 5.41) is 2.05. The van der Waals surface area contributed by atoms with E-state index >= 15 is 0 Å². The Morgan fingerprint density at radius 3 is 2.57 bits per heavy atom. The highest BCUT2D eigenvalue weighted by Crippen LogP contribution is 2.38. The fourth-order valence-electron chi connectivity index (χ4n) is 4.08. The van der Waals surface area contributed by atoms with Crippen molar-refractivity contribution in [3.8, 4) is 0 Å². The van der Waals surface area contributed by atoms with E-state index in [1.54, 1.807) is 16.2 Å². The molecule has 0 spiro atoms. The number of fused-ring (bicyclic) bond motifs is 2. The van der Waals surface area contributed by atoms with Crippen molar-refractivity contribution in [3.63, 3.8) is 0 Å². The third-order valence-corrected chi connectivity index (χ3v) is 6.41. The van der Waals surface area contributed by atoms with Gasteiger partial charge < -0.3 is 4.90 Å². The van der Waals surface area contributed by atoms with Crippen molar-refractivity contribution in [2.24, 2.45) is 11.8 Å². The number of imide groups is 1. The standard InChI is InChI=1S/C17H20N2O3S/c20-15(18-7-5-14-11(9-18)6-8-23-14)10-19-16(21)12-3-1-2-4-13(12)17(19)22/h6,8,12-13H,1-5,7,9-10H2. The first-order valence-corrected chi connectivity index (χ1v) is 9.21. The summed E-state index contributed by atoms with van der Waals surface area (Å²) in [5.74, 6) is -0.701. The predicted octanol–water partition coefficient (Wildman–Crippen LogP) is 1.81. The van der Waals surface area contributed by atoms with E-state index in [9.17, 15) is 14.4 Å². The molecule has 5 nitrogen and oxygen atoms in total. The maximum Gasteiger partial charge on any atom is 0.243 e. The molecule has 2 fully saturated rings. The van der Waals surface area contributed by atoms with E-state index in [-0.39, 0.29) is 36.1 Å². The molecule has 3 heterocycles. The molecule has 1 aliphatic carbocycles. The Hall–Kier alpha value is -1.69. The molecule has 1 saturated carbocycles. The van der Waals surface area contributed by atoms with E-state index in [1.807, 2.05) is 0 Å². The van der Waals surface area contributed by atoms with Gasteiger partial charge in [-0.1, -0.05) is 12.8 Å². The van der Waals surface area contributed by atoms with Crippen molar-refractivity contribution in [1.29, 1.82) is 0 Å². The number of thiophene rings is 1. The highest BCUT2D eigenvalue weighted by molar-refractivity contribution is 7.10. The van der Waals surface area contributed by atoms with Crippen molar-refractivity contribution in [1.82, 2.24) is 9.80 Å². The Labute approximate surface area is 139 Å². The van der Waals surface area contributed by atoms with Gasteiger partial charge in [-0.05, 0) is 36.3 Å². The maximum absolute atomic E-state index is 12.6. The number of hydrogen-bond acceptors (Lipinski definition) is 4. The number of nitrogens with zero attached hydrogens (tertiary/aromatic N) is 2. The van der Waals surface area contributed by atoms with E-state index in [0.717, 1.165) is 32.1 Å². The van der Waals surface area contributed by atoms with Crippen LogP contribution < -0.4 is 0 Å². The van der Waals surface area contributed by atoms with E-state index in [1.165, 1.54) is 15.3 Å². The molecular weight excluding hydrogens is 312 g/mol. The third kappa shape index (κ3) is 2.49. The van der Waals surface area contributed by atoms with Crippen LogP contribution in [0.5, 0.6) is 0 Å². The highest BCUT2D eigenvalue weighted by Gasteiger charge is 2.48. The quantitative estimate of drug-likeness (QED) is 0.776. The van der Waals surface area contributed by atoms with Gasteiger partial charge >= 0.3 is 0 Å². The summed E-state index contributed by atoms with van der Waals surface area (Å²) in [6, 6.07) is 2.06. The summed E-state index contributed by atoms with van der Waals surface area (Å²) in [7, 11) is 0. The monoisotopic (exact) mass is 332 g/mol. The van der Waals surface area contributed by atoms with Gasteiger partial charge in [0.05, 0.1) is 11.8 Å². The molecule has 0 radical (unpaired) electrons. The van der Waals surface area contributed by atoms with Crippen LogP contribution in [0.2, 0.25) is 0 Å². The van der Waals surface area contributed by atoms with Crippen LogP contribution in [0.3, 0.4) is 0 Å². The number of hydrogen-bond donors (Lipinski definition) is 0. The zero-order valence-corrected chi connectivity index (χ0v) is 13.8. The molecular formula is C17H20N2O3S. The molecule has 1 saturated heterocycles. The number of carbonyl (C=O) groups is 3. The van der Waals surface area contributed by atoms with E-state index < -0.39 is 0 Å². The lowest BCUT2D eigenvalue weighted by Gasteiger charge is -2.28. The Balaban J connectivity index is 1.45. The summed E-state index contributed by atoms with van der Waals surface area (Å²) < 4.78 is 0. The molecule has 23 heavy (non-hydrogen) atoms. The first-order chi connectivity index (χ1) is 11.1. The smallest absolute Gasteiger partial charge is 0.243 e. The van der Waals surface area contributed by atoms with Gasteiger partial charge in [-0.2, -0.15) is 0 Å². The predicted molar refractivity (Wildman–Crippen MR) is 85.6 cm³/mol. The minimum atomic E-state index is -0.172. The highest BCUT2D eigenvalue weighted by atomic mass is 32.1. The number of carbonyl (C=O) groups excluding carboxylic acids is 3. The summed E-state index contributed by atoms with van der Waals surface area (Å²) in [6.07, 6.45) is 4.47. The molecule has 2 aliphatic heterocycles. The van der Waals surface area contributed by atoms with E-state index in [2.05, 4.69) is 11.4 Å². The second-order valence-corrected chi connectivity index (χ2v) is 7.70. The average Bonchev–Trinajstić information content (AvgIpc) is 3.13. The molecule has 0 aromatic carbocycles. The Kier molecular flexibility index (Phi) is 3.71. The van der Waals surface area contributed by atoms with E-state index in [4.69, 9.17) is 0 Å². The van der Waals surface area contributed by atoms with Gasteiger partial charge in [-0.15, -0.1) is 11.3 Å². The Bertz CT molecular complexity index is 645. The summed E-state index contributed by atoms with van der Waals surface area (Å²) in [4.78, 5) is 41.8. The van der Waals surface area contributed by atoms with Crippen LogP contribution in [0.25, 0.3) is 0 Å². The topological polar surface area (TPSA) is 57.7 Å². The molecule has 2 unspecified atom stereocenters. The minimum Gasteiger partial charge on any atom is -0.336 e. The molecule has 2 atom stereocenters. The van der Waals surface area contributed by atoms with Gasteiger partial charge in [0, 0.05) is 18.0 Å². The molecule has 1 aromatic heterocycles. The van der Waals surface area contributed by atoms with Gasteiger partial charge in [-0.3, -0.25) is 19.3 Å². The number of rotatable bonds is 2.